The normalized spacial score (nSPS) is 10.1. The maximum Gasteiger partial charge on any atom is 0.337 e. The molecule has 0 aliphatic heterocycles. The molecule has 0 atom stereocenters. The van der Waals surface area contributed by atoms with Crippen LogP contribution in [0.2, 0.25) is 0 Å². The van der Waals surface area contributed by atoms with Gasteiger partial charge in [-0.3, -0.25) is 0 Å². The van der Waals surface area contributed by atoms with Gasteiger partial charge >= 0.3 is 5.97 Å². The average molecular weight is 249 g/mol. The van der Waals surface area contributed by atoms with E-state index in [1.54, 1.807) is 22.9 Å². The predicted molar refractivity (Wildman–Crippen MR) is 65.5 cm³/mol. The zero-order valence-electron chi connectivity index (χ0n) is 8.96. The van der Waals surface area contributed by atoms with Gasteiger partial charge in [-0.2, -0.15) is 0 Å². The summed E-state index contributed by atoms with van der Waals surface area (Å²) in [6.07, 6.45) is 2.17. The second kappa shape index (κ2) is 5.40. The summed E-state index contributed by atoms with van der Waals surface area (Å²) in [5.41, 5.74) is 3.04. The lowest BCUT2D eigenvalue weighted by Gasteiger charge is -2.04. The van der Waals surface area contributed by atoms with E-state index >= 15 is 0 Å². The Hall–Kier alpha value is -1.95. The third-order valence-electron chi connectivity index (χ3n) is 2.18. The van der Waals surface area contributed by atoms with Crippen LogP contribution in [-0.4, -0.2) is 27.6 Å². The zero-order chi connectivity index (χ0) is 12.1. The molecule has 0 aliphatic rings. The molecule has 0 radical (unpaired) electrons. The van der Waals surface area contributed by atoms with Crippen LogP contribution in [0.25, 0.3) is 0 Å². The summed E-state index contributed by atoms with van der Waals surface area (Å²) in [6.45, 7) is 0.725. The average Bonchev–Trinajstić information content (AvgIpc) is 2.83. The van der Waals surface area contributed by atoms with Crippen molar-refractivity contribution >= 4 is 23.1 Å². The van der Waals surface area contributed by atoms with Crippen LogP contribution in [0.5, 0.6) is 0 Å². The minimum Gasteiger partial charge on any atom is -0.478 e. The summed E-state index contributed by atoms with van der Waals surface area (Å²) in [4.78, 5) is 18.8. The van der Waals surface area contributed by atoms with Crippen LogP contribution in [0.1, 0.15) is 16.1 Å². The molecule has 0 aliphatic carbocycles. The van der Waals surface area contributed by atoms with E-state index in [1.807, 2.05) is 5.38 Å². The number of carboxylic acids is 1. The Morgan fingerprint density at radius 2 is 2.29 bits per heavy atom. The van der Waals surface area contributed by atoms with Crippen LogP contribution in [0.3, 0.4) is 0 Å². The van der Waals surface area contributed by atoms with Gasteiger partial charge in [0.25, 0.3) is 0 Å². The van der Waals surface area contributed by atoms with E-state index in [0.717, 1.165) is 18.7 Å². The van der Waals surface area contributed by atoms with E-state index in [-0.39, 0.29) is 5.56 Å². The van der Waals surface area contributed by atoms with Crippen molar-refractivity contribution in [3.8, 4) is 0 Å². The summed E-state index contributed by atoms with van der Waals surface area (Å²) in [7, 11) is 0. The number of aromatic carboxylic acids is 1. The largest absolute Gasteiger partial charge is 0.478 e. The molecule has 5 nitrogen and oxygen atoms in total. The van der Waals surface area contributed by atoms with E-state index in [0.29, 0.717) is 5.82 Å². The minimum absolute atomic E-state index is 0.190. The lowest BCUT2D eigenvalue weighted by Crippen LogP contribution is -2.07. The lowest BCUT2D eigenvalue weighted by molar-refractivity contribution is 0.0696. The van der Waals surface area contributed by atoms with Crippen LogP contribution in [0.15, 0.2) is 29.2 Å². The van der Waals surface area contributed by atoms with E-state index in [9.17, 15) is 4.79 Å². The van der Waals surface area contributed by atoms with Crippen LogP contribution in [-0.2, 0) is 6.42 Å². The summed E-state index contributed by atoms with van der Waals surface area (Å²) in [5.74, 6) is -0.295. The SMILES string of the molecule is O=C(O)c1ccc(NCCc2cscn2)nc1. The first-order valence-corrected chi connectivity index (χ1v) is 6.00. The summed E-state index contributed by atoms with van der Waals surface area (Å²) < 4.78 is 0. The molecule has 2 aromatic heterocycles. The van der Waals surface area contributed by atoms with Gasteiger partial charge < -0.3 is 10.4 Å². The summed E-state index contributed by atoms with van der Waals surface area (Å²) in [5, 5.41) is 13.8. The van der Waals surface area contributed by atoms with Crippen molar-refractivity contribution in [2.75, 3.05) is 11.9 Å². The van der Waals surface area contributed by atoms with Gasteiger partial charge in [-0.1, -0.05) is 0 Å². The molecule has 0 unspecified atom stereocenters. The number of nitrogens with zero attached hydrogens (tertiary/aromatic N) is 2. The number of nitrogens with one attached hydrogen (secondary N) is 1. The van der Waals surface area contributed by atoms with Crippen LogP contribution in [0.4, 0.5) is 5.82 Å². The number of anilines is 1. The first-order valence-electron chi connectivity index (χ1n) is 5.06. The number of rotatable bonds is 5. The third kappa shape index (κ3) is 3.25. The molecule has 88 valence electrons. The second-order valence-electron chi connectivity index (χ2n) is 3.39. The number of hydrogen-bond acceptors (Lipinski definition) is 5. The molecule has 0 aromatic carbocycles. The maximum atomic E-state index is 10.6. The second-order valence-corrected chi connectivity index (χ2v) is 4.11. The van der Waals surface area contributed by atoms with Crippen LogP contribution >= 0.6 is 11.3 Å². The highest BCUT2D eigenvalue weighted by Crippen LogP contribution is 2.06. The Balaban J connectivity index is 1.85. The van der Waals surface area contributed by atoms with E-state index in [4.69, 9.17) is 5.11 Å². The molecule has 2 N–H and O–H groups in total. The molecule has 17 heavy (non-hydrogen) atoms. The molecule has 0 bridgehead atoms. The van der Waals surface area contributed by atoms with Gasteiger partial charge in [-0.15, -0.1) is 11.3 Å². The van der Waals surface area contributed by atoms with Gasteiger partial charge in [0, 0.05) is 24.5 Å². The van der Waals surface area contributed by atoms with Crippen molar-refractivity contribution in [1.82, 2.24) is 9.97 Å². The summed E-state index contributed by atoms with van der Waals surface area (Å²) >= 11 is 1.57. The number of aromatic nitrogens is 2. The van der Waals surface area contributed by atoms with Crippen LogP contribution in [0, 0.1) is 0 Å². The lowest BCUT2D eigenvalue weighted by atomic mass is 10.3. The van der Waals surface area contributed by atoms with Gasteiger partial charge in [0.15, 0.2) is 0 Å². The predicted octanol–water partition coefficient (Wildman–Crippen LogP) is 1.89. The molecule has 0 amide bonds. The Morgan fingerprint density at radius 3 is 2.88 bits per heavy atom. The first kappa shape index (κ1) is 11.5. The molecule has 0 fully saturated rings. The zero-order valence-corrected chi connectivity index (χ0v) is 9.78. The fourth-order valence-electron chi connectivity index (χ4n) is 1.30. The fourth-order valence-corrected chi connectivity index (χ4v) is 1.90. The van der Waals surface area contributed by atoms with Crippen molar-refractivity contribution in [1.29, 1.82) is 0 Å². The van der Waals surface area contributed by atoms with Crippen molar-refractivity contribution in [3.05, 3.63) is 40.5 Å². The Morgan fingerprint density at radius 1 is 1.41 bits per heavy atom. The Labute approximate surface area is 102 Å². The Kier molecular flexibility index (Phi) is 3.66. The monoisotopic (exact) mass is 249 g/mol. The minimum atomic E-state index is -0.966. The molecule has 2 heterocycles. The van der Waals surface area contributed by atoms with E-state index in [2.05, 4.69) is 15.3 Å². The van der Waals surface area contributed by atoms with Gasteiger partial charge in [-0.25, -0.2) is 14.8 Å². The fraction of sp³-hybridized carbons (Fsp3) is 0.182. The van der Waals surface area contributed by atoms with Crippen molar-refractivity contribution < 1.29 is 9.90 Å². The van der Waals surface area contributed by atoms with Crippen molar-refractivity contribution in [2.24, 2.45) is 0 Å². The van der Waals surface area contributed by atoms with Gasteiger partial charge in [0.2, 0.25) is 0 Å². The molecule has 6 heteroatoms. The molecular formula is C11H11N3O2S. The Bertz CT molecular complexity index is 482. The number of carbonyl (C=O) groups is 1. The molecule has 2 aromatic rings. The molecule has 0 saturated carbocycles. The highest BCUT2D eigenvalue weighted by Gasteiger charge is 2.02. The topological polar surface area (TPSA) is 75.1 Å². The molecule has 0 saturated heterocycles. The van der Waals surface area contributed by atoms with Crippen LogP contribution < -0.4 is 5.32 Å². The highest BCUT2D eigenvalue weighted by atomic mass is 32.1. The van der Waals surface area contributed by atoms with E-state index < -0.39 is 5.97 Å². The number of pyridine rings is 1. The smallest absolute Gasteiger partial charge is 0.337 e. The van der Waals surface area contributed by atoms with E-state index in [1.165, 1.54) is 12.3 Å². The molecule has 0 spiro atoms. The maximum absolute atomic E-state index is 10.6. The number of carboxylic acid groups (broad SMARTS) is 1. The van der Waals surface area contributed by atoms with Crippen molar-refractivity contribution in [3.63, 3.8) is 0 Å². The summed E-state index contributed by atoms with van der Waals surface area (Å²) in [6, 6.07) is 3.19. The van der Waals surface area contributed by atoms with Gasteiger partial charge in [-0.05, 0) is 12.1 Å². The number of hydrogen-bond donors (Lipinski definition) is 2. The van der Waals surface area contributed by atoms with Gasteiger partial charge in [0.05, 0.1) is 16.8 Å². The molecular weight excluding hydrogens is 238 g/mol. The number of thiazole rings is 1. The van der Waals surface area contributed by atoms with Gasteiger partial charge in [0.1, 0.15) is 5.82 Å². The third-order valence-corrected chi connectivity index (χ3v) is 2.82. The van der Waals surface area contributed by atoms with Crippen molar-refractivity contribution in [2.45, 2.75) is 6.42 Å². The quantitative estimate of drug-likeness (QED) is 0.846. The highest BCUT2D eigenvalue weighted by molar-refractivity contribution is 7.07. The first-order chi connectivity index (χ1) is 8.25. The standard InChI is InChI=1S/C11H11N3O2S/c15-11(16)8-1-2-10(13-5-8)12-4-3-9-6-17-7-14-9/h1-2,5-7H,3-4H2,(H,12,13)(H,15,16). The molecule has 2 rings (SSSR count).